The van der Waals surface area contributed by atoms with E-state index in [0.717, 1.165) is 6.07 Å². The molecule has 1 rings (SSSR count). The van der Waals surface area contributed by atoms with Crippen LogP contribution in [0.5, 0.6) is 0 Å². The zero-order valence-electron chi connectivity index (χ0n) is 13.0. The number of hydrogen-bond donors (Lipinski definition) is 2. The molecular formula is C16H24F3NO. The van der Waals surface area contributed by atoms with Crippen molar-refractivity contribution in [3.63, 3.8) is 0 Å². The fourth-order valence-corrected chi connectivity index (χ4v) is 2.57. The first kappa shape index (κ1) is 18.0. The van der Waals surface area contributed by atoms with E-state index in [-0.39, 0.29) is 12.1 Å². The zero-order valence-corrected chi connectivity index (χ0v) is 13.0. The minimum absolute atomic E-state index is 0.199. The molecule has 21 heavy (non-hydrogen) atoms. The average Bonchev–Trinajstić information content (AvgIpc) is 2.33. The lowest BCUT2D eigenvalue weighted by Crippen LogP contribution is -2.40. The molecule has 0 aliphatic heterocycles. The van der Waals surface area contributed by atoms with Gasteiger partial charge in [-0.25, -0.2) is 0 Å². The van der Waals surface area contributed by atoms with E-state index < -0.39 is 23.4 Å². The predicted molar refractivity (Wildman–Crippen MR) is 77.9 cm³/mol. The van der Waals surface area contributed by atoms with Gasteiger partial charge in [0.1, 0.15) is 0 Å². The Morgan fingerprint density at radius 1 is 1.14 bits per heavy atom. The molecule has 0 spiro atoms. The van der Waals surface area contributed by atoms with Crippen LogP contribution in [0.4, 0.5) is 13.2 Å². The Morgan fingerprint density at radius 2 is 1.71 bits per heavy atom. The summed E-state index contributed by atoms with van der Waals surface area (Å²) in [6, 6.07) is 5.04. The molecule has 2 nitrogen and oxygen atoms in total. The van der Waals surface area contributed by atoms with Gasteiger partial charge < -0.3 is 10.4 Å². The highest BCUT2D eigenvalue weighted by Gasteiger charge is 2.34. The number of hydrogen-bond acceptors (Lipinski definition) is 2. The third-order valence-electron chi connectivity index (χ3n) is 3.37. The van der Waals surface area contributed by atoms with Gasteiger partial charge in [0, 0.05) is 12.6 Å². The van der Waals surface area contributed by atoms with E-state index in [2.05, 4.69) is 5.32 Å². The van der Waals surface area contributed by atoms with Crippen LogP contribution in [0.1, 0.15) is 51.3 Å². The first-order valence-corrected chi connectivity index (χ1v) is 7.15. The van der Waals surface area contributed by atoms with Crippen LogP contribution in [0.3, 0.4) is 0 Å². The van der Waals surface area contributed by atoms with E-state index in [0.29, 0.717) is 12.3 Å². The maximum absolute atomic E-state index is 13.0. The van der Waals surface area contributed by atoms with Crippen LogP contribution in [-0.4, -0.2) is 17.3 Å². The molecule has 0 fully saturated rings. The molecule has 5 heteroatoms. The second-order valence-corrected chi connectivity index (χ2v) is 6.28. The van der Waals surface area contributed by atoms with Crippen molar-refractivity contribution < 1.29 is 18.3 Å². The number of alkyl halides is 3. The summed E-state index contributed by atoms with van der Waals surface area (Å²) >= 11 is 0. The second kappa shape index (κ2) is 6.79. The molecule has 1 aromatic carbocycles. The molecule has 2 N–H and O–H groups in total. The molecule has 0 saturated carbocycles. The van der Waals surface area contributed by atoms with E-state index >= 15 is 0 Å². The number of benzene rings is 1. The molecule has 0 bridgehead atoms. The summed E-state index contributed by atoms with van der Waals surface area (Å²) in [5.74, 6) is 0.319. The van der Waals surface area contributed by atoms with Gasteiger partial charge in [-0.15, -0.1) is 0 Å². The van der Waals surface area contributed by atoms with E-state index in [9.17, 15) is 18.3 Å². The molecule has 120 valence electrons. The molecule has 1 aromatic rings. The fourth-order valence-electron chi connectivity index (χ4n) is 2.57. The summed E-state index contributed by atoms with van der Waals surface area (Å²) in [7, 11) is 0. The van der Waals surface area contributed by atoms with Gasteiger partial charge in [0.25, 0.3) is 0 Å². The van der Waals surface area contributed by atoms with Crippen LogP contribution >= 0.6 is 0 Å². The smallest absolute Gasteiger partial charge is 0.389 e. The quantitative estimate of drug-likeness (QED) is 0.827. The number of halogens is 3. The molecule has 0 aliphatic rings. The molecule has 0 heterocycles. The summed E-state index contributed by atoms with van der Waals surface area (Å²) in [5.41, 5.74) is -1.37. The minimum atomic E-state index is -4.37. The average molecular weight is 303 g/mol. The van der Waals surface area contributed by atoms with Gasteiger partial charge in [0.15, 0.2) is 0 Å². The van der Waals surface area contributed by atoms with E-state index in [1.54, 1.807) is 19.9 Å². The molecule has 0 aromatic heterocycles. The highest BCUT2D eigenvalue weighted by atomic mass is 19.4. The van der Waals surface area contributed by atoms with Crippen molar-refractivity contribution >= 4 is 0 Å². The van der Waals surface area contributed by atoms with Gasteiger partial charge in [-0.3, -0.25) is 0 Å². The molecule has 2 unspecified atom stereocenters. The molecule has 0 radical (unpaired) electrons. The third-order valence-corrected chi connectivity index (χ3v) is 3.37. The van der Waals surface area contributed by atoms with Crippen LogP contribution in [0.15, 0.2) is 24.3 Å². The van der Waals surface area contributed by atoms with Crippen LogP contribution in [0, 0.1) is 5.92 Å². The zero-order chi connectivity index (χ0) is 16.3. The largest absolute Gasteiger partial charge is 0.416 e. The van der Waals surface area contributed by atoms with Crippen LogP contribution < -0.4 is 5.32 Å². The SMILES string of the molecule is CC(C)CC(C)(O)CNC(C)c1ccccc1C(F)(F)F. The van der Waals surface area contributed by atoms with Crippen molar-refractivity contribution in [1.82, 2.24) is 5.32 Å². The van der Waals surface area contributed by atoms with Gasteiger partial charge in [-0.2, -0.15) is 13.2 Å². The van der Waals surface area contributed by atoms with E-state index in [1.165, 1.54) is 12.1 Å². The number of rotatable bonds is 6. The summed E-state index contributed by atoms with van der Waals surface area (Å²) in [5, 5.41) is 13.2. The van der Waals surface area contributed by atoms with Gasteiger partial charge in [0.05, 0.1) is 11.2 Å². The lowest BCUT2D eigenvalue weighted by molar-refractivity contribution is -0.138. The highest BCUT2D eigenvalue weighted by Crippen LogP contribution is 2.34. The summed E-state index contributed by atoms with van der Waals surface area (Å²) in [6.07, 6.45) is -3.78. The Labute approximate surface area is 124 Å². The third kappa shape index (κ3) is 5.67. The Hall–Kier alpha value is -1.07. The summed E-state index contributed by atoms with van der Waals surface area (Å²) in [4.78, 5) is 0. The predicted octanol–water partition coefficient (Wildman–Crippen LogP) is 4.15. The number of nitrogens with one attached hydrogen (secondary N) is 1. The Morgan fingerprint density at radius 3 is 2.24 bits per heavy atom. The Kier molecular flexibility index (Phi) is 5.82. The lowest BCUT2D eigenvalue weighted by atomic mass is 9.93. The van der Waals surface area contributed by atoms with Crippen molar-refractivity contribution in [1.29, 1.82) is 0 Å². The van der Waals surface area contributed by atoms with E-state index in [4.69, 9.17) is 0 Å². The van der Waals surface area contributed by atoms with Crippen LogP contribution in [-0.2, 0) is 6.18 Å². The number of aliphatic hydroxyl groups is 1. The molecule has 0 saturated heterocycles. The van der Waals surface area contributed by atoms with Gasteiger partial charge in [0.2, 0.25) is 0 Å². The standard InChI is InChI=1S/C16H24F3NO/c1-11(2)9-15(4,21)10-20-12(3)13-7-5-6-8-14(13)16(17,18)19/h5-8,11-12,20-21H,9-10H2,1-4H3. The summed E-state index contributed by atoms with van der Waals surface area (Å²) < 4.78 is 38.9. The van der Waals surface area contributed by atoms with Crippen molar-refractivity contribution in [2.24, 2.45) is 5.92 Å². The monoisotopic (exact) mass is 303 g/mol. The highest BCUT2D eigenvalue weighted by molar-refractivity contribution is 5.32. The van der Waals surface area contributed by atoms with Gasteiger partial charge >= 0.3 is 6.18 Å². The maximum Gasteiger partial charge on any atom is 0.416 e. The lowest BCUT2D eigenvalue weighted by Gasteiger charge is -2.28. The topological polar surface area (TPSA) is 32.3 Å². The van der Waals surface area contributed by atoms with Crippen molar-refractivity contribution in [3.05, 3.63) is 35.4 Å². The van der Waals surface area contributed by atoms with Gasteiger partial charge in [-0.05, 0) is 37.8 Å². The van der Waals surface area contributed by atoms with Crippen LogP contribution in [0.2, 0.25) is 0 Å². The molecule has 0 amide bonds. The maximum atomic E-state index is 13.0. The normalized spacial score (nSPS) is 16.8. The van der Waals surface area contributed by atoms with Crippen molar-refractivity contribution in [3.8, 4) is 0 Å². The second-order valence-electron chi connectivity index (χ2n) is 6.28. The van der Waals surface area contributed by atoms with Crippen molar-refractivity contribution in [2.75, 3.05) is 6.54 Å². The molecule has 2 atom stereocenters. The molecular weight excluding hydrogens is 279 g/mol. The van der Waals surface area contributed by atoms with Crippen molar-refractivity contribution in [2.45, 2.75) is 51.9 Å². The Balaban J connectivity index is 2.79. The first-order valence-electron chi connectivity index (χ1n) is 7.15. The van der Waals surface area contributed by atoms with Gasteiger partial charge in [-0.1, -0.05) is 32.0 Å². The van der Waals surface area contributed by atoms with E-state index in [1.807, 2.05) is 13.8 Å². The van der Waals surface area contributed by atoms with Crippen LogP contribution in [0.25, 0.3) is 0 Å². The summed E-state index contributed by atoms with van der Waals surface area (Å²) in [6.45, 7) is 7.62. The Bertz CT molecular complexity index is 455. The first-order chi connectivity index (χ1) is 9.53. The minimum Gasteiger partial charge on any atom is -0.389 e. The fraction of sp³-hybridized carbons (Fsp3) is 0.625. The molecule has 0 aliphatic carbocycles.